The van der Waals surface area contributed by atoms with Gasteiger partial charge in [-0.2, -0.15) is 0 Å². The first-order chi connectivity index (χ1) is 11.7. The van der Waals surface area contributed by atoms with Crippen LogP contribution < -0.4 is 10.2 Å². The zero-order chi connectivity index (χ0) is 16.9. The van der Waals surface area contributed by atoms with E-state index in [2.05, 4.69) is 57.3 Å². The second-order valence-electron chi connectivity index (χ2n) is 5.89. The zero-order valence-corrected chi connectivity index (χ0v) is 15.4. The lowest BCUT2D eigenvalue weighted by Gasteiger charge is -2.37. The van der Waals surface area contributed by atoms with Gasteiger partial charge in [-0.15, -0.1) is 0 Å². The number of piperazine rings is 1. The minimum Gasteiger partial charge on any atom is -0.368 e. The predicted molar refractivity (Wildman–Crippen MR) is 103 cm³/mol. The van der Waals surface area contributed by atoms with E-state index in [4.69, 9.17) is 0 Å². The number of hydrogen-bond donors (Lipinski definition) is 1. The standard InChI is InChI=1S/C19H22BrN3O/c1-2-15-5-3-4-6-18(15)22-11-13-23(14-12-22)19(24)21-17-9-7-16(20)8-10-17/h3-10H,2,11-14H2,1H3,(H,21,24). The van der Waals surface area contributed by atoms with Gasteiger partial charge in [0.25, 0.3) is 0 Å². The van der Waals surface area contributed by atoms with Crippen LogP contribution in [0.5, 0.6) is 0 Å². The number of hydrogen-bond acceptors (Lipinski definition) is 2. The number of para-hydroxylation sites is 1. The fraction of sp³-hybridized carbons (Fsp3) is 0.316. The van der Waals surface area contributed by atoms with Gasteiger partial charge in [0.15, 0.2) is 0 Å². The highest BCUT2D eigenvalue weighted by atomic mass is 79.9. The van der Waals surface area contributed by atoms with Gasteiger partial charge in [0.05, 0.1) is 0 Å². The lowest BCUT2D eigenvalue weighted by Crippen LogP contribution is -2.50. The van der Waals surface area contributed by atoms with Crippen molar-refractivity contribution in [3.05, 3.63) is 58.6 Å². The van der Waals surface area contributed by atoms with Gasteiger partial charge < -0.3 is 15.1 Å². The van der Waals surface area contributed by atoms with Gasteiger partial charge in [-0.25, -0.2) is 4.79 Å². The van der Waals surface area contributed by atoms with Gasteiger partial charge in [-0.3, -0.25) is 0 Å². The van der Waals surface area contributed by atoms with Crippen LogP contribution in [0.25, 0.3) is 0 Å². The molecule has 4 nitrogen and oxygen atoms in total. The van der Waals surface area contributed by atoms with Crippen molar-refractivity contribution in [2.75, 3.05) is 36.4 Å². The fourth-order valence-electron chi connectivity index (χ4n) is 3.00. The van der Waals surface area contributed by atoms with Crippen molar-refractivity contribution in [1.82, 2.24) is 4.90 Å². The van der Waals surface area contributed by atoms with Crippen LogP contribution in [0.15, 0.2) is 53.0 Å². The molecule has 2 aromatic rings. The van der Waals surface area contributed by atoms with E-state index in [-0.39, 0.29) is 6.03 Å². The molecule has 0 spiro atoms. The van der Waals surface area contributed by atoms with E-state index in [1.54, 1.807) is 0 Å². The van der Waals surface area contributed by atoms with Crippen LogP contribution in [0, 0.1) is 0 Å². The van der Waals surface area contributed by atoms with Crippen LogP contribution in [0.2, 0.25) is 0 Å². The topological polar surface area (TPSA) is 35.6 Å². The summed E-state index contributed by atoms with van der Waals surface area (Å²) in [6, 6.07) is 16.2. The van der Waals surface area contributed by atoms with Gasteiger partial charge in [0, 0.05) is 42.0 Å². The highest BCUT2D eigenvalue weighted by Gasteiger charge is 2.22. The number of halogens is 1. The van der Waals surface area contributed by atoms with Crippen molar-refractivity contribution < 1.29 is 4.79 Å². The van der Waals surface area contributed by atoms with E-state index in [9.17, 15) is 4.79 Å². The molecule has 0 bridgehead atoms. The number of urea groups is 1. The molecular formula is C19H22BrN3O. The summed E-state index contributed by atoms with van der Waals surface area (Å²) in [7, 11) is 0. The third kappa shape index (κ3) is 3.90. The maximum absolute atomic E-state index is 12.4. The molecule has 24 heavy (non-hydrogen) atoms. The number of anilines is 2. The van der Waals surface area contributed by atoms with Crippen LogP contribution in [0.1, 0.15) is 12.5 Å². The molecule has 1 fully saturated rings. The Kier molecular flexibility index (Phi) is 5.41. The maximum Gasteiger partial charge on any atom is 0.321 e. The molecule has 0 radical (unpaired) electrons. The minimum absolute atomic E-state index is 0.0271. The summed E-state index contributed by atoms with van der Waals surface area (Å²) < 4.78 is 1.00. The lowest BCUT2D eigenvalue weighted by atomic mass is 10.1. The molecule has 0 aromatic heterocycles. The van der Waals surface area contributed by atoms with Gasteiger partial charge in [-0.1, -0.05) is 41.1 Å². The number of nitrogens with zero attached hydrogens (tertiary/aromatic N) is 2. The third-order valence-electron chi connectivity index (χ3n) is 4.38. The Hall–Kier alpha value is -2.01. The number of carbonyl (C=O) groups excluding carboxylic acids is 1. The molecule has 1 heterocycles. The Bertz CT molecular complexity index is 694. The number of nitrogens with one attached hydrogen (secondary N) is 1. The van der Waals surface area contributed by atoms with Crippen LogP contribution >= 0.6 is 15.9 Å². The molecule has 1 aliphatic rings. The molecule has 1 aliphatic heterocycles. The van der Waals surface area contributed by atoms with Crippen molar-refractivity contribution in [3.8, 4) is 0 Å². The molecule has 0 atom stereocenters. The van der Waals surface area contributed by atoms with Crippen molar-refractivity contribution in [1.29, 1.82) is 0 Å². The Morgan fingerprint density at radius 3 is 2.38 bits per heavy atom. The normalized spacial score (nSPS) is 14.6. The second kappa shape index (κ2) is 7.71. The van der Waals surface area contributed by atoms with Crippen LogP contribution in [0.4, 0.5) is 16.2 Å². The Labute approximate surface area is 151 Å². The van der Waals surface area contributed by atoms with Gasteiger partial charge in [-0.05, 0) is 42.3 Å². The fourth-order valence-corrected chi connectivity index (χ4v) is 3.27. The molecule has 1 N–H and O–H groups in total. The van der Waals surface area contributed by atoms with E-state index in [1.807, 2.05) is 29.2 Å². The summed E-state index contributed by atoms with van der Waals surface area (Å²) in [5.41, 5.74) is 3.49. The first-order valence-corrected chi connectivity index (χ1v) is 9.11. The van der Waals surface area contributed by atoms with E-state index in [0.29, 0.717) is 0 Å². The van der Waals surface area contributed by atoms with Gasteiger partial charge >= 0.3 is 6.03 Å². The molecule has 0 aliphatic carbocycles. The average Bonchev–Trinajstić information content (AvgIpc) is 2.63. The second-order valence-corrected chi connectivity index (χ2v) is 6.81. The van der Waals surface area contributed by atoms with E-state index >= 15 is 0 Å². The van der Waals surface area contributed by atoms with Crippen molar-refractivity contribution in [2.24, 2.45) is 0 Å². The number of amides is 2. The molecule has 0 saturated carbocycles. The summed E-state index contributed by atoms with van der Waals surface area (Å²) in [5, 5.41) is 2.96. The molecular weight excluding hydrogens is 366 g/mol. The minimum atomic E-state index is -0.0271. The summed E-state index contributed by atoms with van der Waals surface area (Å²) in [6.07, 6.45) is 1.03. The molecule has 5 heteroatoms. The predicted octanol–water partition coefficient (Wildman–Crippen LogP) is 4.37. The number of aryl methyl sites for hydroxylation is 1. The van der Waals surface area contributed by atoms with Crippen molar-refractivity contribution in [2.45, 2.75) is 13.3 Å². The highest BCUT2D eigenvalue weighted by molar-refractivity contribution is 9.10. The highest BCUT2D eigenvalue weighted by Crippen LogP contribution is 2.22. The summed E-state index contributed by atoms with van der Waals surface area (Å²) in [6.45, 7) is 5.39. The summed E-state index contributed by atoms with van der Waals surface area (Å²) in [4.78, 5) is 16.7. The maximum atomic E-state index is 12.4. The monoisotopic (exact) mass is 387 g/mol. The Morgan fingerprint density at radius 2 is 1.71 bits per heavy atom. The van der Waals surface area contributed by atoms with Crippen LogP contribution in [0.3, 0.4) is 0 Å². The molecule has 0 unspecified atom stereocenters. The molecule has 126 valence electrons. The van der Waals surface area contributed by atoms with Crippen molar-refractivity contribution in [3.63, 3.8) is 0 Å². The Morgan fingerprint density at radius 1 is 1.04 bits per heavy atom. The lowest BCUT2D eigenvalue weighted by molar-refractivity contribution is 0.208. The number of benzene rings is 2. The first kappa shape index (κ1) is 16.8. The molecule has 2 aromatic carbocycles. The molecule has 1 saturated heterocycles. The first-order valence-electron chi connectivity index (χ1n) is 8.31. The average molecular weight is 388 g/mol. The smallest absolute Gasteiger partial charge is 0.321 e. The van der Waals surface area contributed by atoms with Crippen molar-refractivity contribution >= 4 is 33.3 Å². The number of rotatable bonds is 3. The van der Waals surface area contributed by atoms with Crippen LogP contribution in [-0.2, 0) is 6.42 Å². The number of carbonyl (C=O) groups is 1. The Balaban J connectivity index is 1.58. The van der Waals surface area contributed by atoms with Crippen LogP contribution in [-0.4, -0.2) is 37.1 Å². The van der Waals surface area contributed by atoms with E-state index in [1.165, 1.54) is 11.3 Å². The molecule has 2 amide bonds. The van der Waals surface area contributed by atoms with Gasteiger partial charge in [0.2, 0.25) is 0 Å². The SMILES string of the molecule is CCc1ccccc1N1CCN(C(=O)Nc2ccc(Br)cc2)CC1. The quantitative estimate of drug-likeness (QED) is 0.848. The zero-order valence-electron chi connectivity index (χ0n) is 13.8. The summed E-state index contributed by atoms with van der Waals surface area (Å²) in [5.74, 6) is 0. The van der Waals surface area contributed by atoms with E-state index < -0.39 is 0 Å². The van der Waals surface area contributed by atoms with Gasteiger partial charge in [0.1, 0.15) is 0 Å². The van der Waals surface area contributed by atoms with E-state index in [0.717, 1.165) is 42.8 Å². The third-order valence-corrected chi connectivity index (χ3v) is 4.90. The summed E-state index contributed by atoms with van der Waals surface area (Å²) >= 11 is 3.40. The largest absolute Gasteiger partial charge is 0.368 e. The molecule has 3 rings (SSSR count).